The van der Waals surface area contributed by atoms with Crippen molar-refractivity contribution in [3.05, 3.63) is 75.9 Å². The molecule has 0 aliphatic carbocycles. The van der Waals surface area contributed by atoms with Crippen LogP contribution in [-0.4, -0.2) is 26.5 Å². The van der Waals surface area contributed by atoms with Crippen molar-refractivity contribution in [2.24, 2.45) is 0 Å². The van der Waals surface area contributed by atoms with Gasteiger partial charge in [0.2, 0.25) is 0 Å². The molecule has 2 aromatic rings. The molecule has 0 amide bonds. The molecule has 0 radical (unpaired) electrons. The number of unbranched alkanes of at least 4 members (excludes halogenated alkanes) is 3. The summed E-state index contributed by atoms with van der Waals surface area (Å²) in [6, 6.07) is 24.0. The normalized spacial score (nSPS) is 12.8. The number of aryl methyl sites for hydroxylation is 1. The van der Waals surface area contributed by atoms with Crippen LogP contribution in [0.15, 0.2) is 70.3 Å². The van der Waals surface area contributed by atoms with Gasteiger partial charge in [-0.3, -0.25) is 0 Å². The molecule has 0 aliphatic rings. The zero-order valence-corrected chi connectivity index (χ0v) is 26.2. The van der Waals surface area contributed by atoms with Crippen LogP contribution in [-0.2, 0) is 6.42 Å². The summed E-state index contributed by atoms with van der Waals surface area (Å²) in [7, 11) is -1.52. The predicted octanol–water partition coefficient (Wildman–Crippen LogP) is 9.55. The predicted molar refractivity (Wildman–Crippen MR) is 156 cm³/mol. The fourth-order valence-corrected chi connectivity index (χ4v) is 30.5. The van der Waals surface area contributed by atoms with E-state index in [1.165, 1.54) is 63.0 Å². The van der Waals surface area contributed by atoms with Crippen LogP contribution in [0.4, 0.5) is 0 Å². The van der Waals surface area contributed by atoms with Crippen LogP contribution >= 0.6 is 0 Å². The van der Waals surface area contributed by atoms with Crippen LogP contribution in [0.1, 0.15) is 71.3 Å². The Hall–Kier alpha value is -0.804. The van der Waals surface area contributed by atoms with Gasteiger partial charge in [-0.05, 0) is 0 Å². The zero-order chi connectivity index (χ0) is 24.0. The Balaban J connectivity index is 2.42. The molecule has 0 saturated heterocycles. The molecule has 33 heavy (non-hydrogen) atoms. The van der Waals surface area contributed by atoms with Crippen LogP contribution in [0.2, 0.25) is 32.4 Å². The fourth-order valence-electron chi connectivity index (χ4n) is 5.40. The van der Waals surface area contributed by atoms with E-state index in [1.807, 2.05) is 3.59 Å². The number of benzene rings is 2. The molecule has 2 aromatic carbocycles. The van der Waals surface area contributed by atoms with Gasteiger partial charge in [0.25, 0.3) is 0 Å². The molecule has 0 saturated carbocycles. The molecule has 0 nitrogen and oxygen atoms in total. The molecule has 0 aliphatic heterocycles. The Kier molecular flexibility index (Phi) is 13.1. The standard InChI is InChI=1S/C19H23Si.3C4H9.Sn/c1-20(2,19-15-9-4-10-16-19)17-11-5-8-14-18-12-6-3-7-13-18;3*1-3-4-2;/h3-7,9-10,12-13,15-16H,8,14,17H2,1-2H3;3*1,3-4H2,2H3;. The van der Waals surface area contributed by atoms with Crippen molar-refractivity contribution < 1.29 is 0 Å². The van der Waals surface area contributed by atoms with Gasteiger partial charge >= 0.3 is 212 Å². The third-order valence-electron chi connectivity index (χ3n) is 7.56. The van der Waals surface area contributed by atoms with E-state index < -0.39 is 26.5 Å². The number of hydrogen-bond acceptors (Lipinski definition) is 0. The summed E-state index contributed by atoms with van der Waals surface area (Å²) in [5.74, 6) is 0. The van der Waals surface area contributed by atoms with Crippen LogP contribution < -0.4 is 5.19 Å². The maximum absolute atomic E-state index is 2.81. The van der Waals surface area contributed by atoms with E-state index in [0.717, 1.165) is 0 Å². The first kappa shape index (κ1) is 28.4. The summed E-state index contributed by atoms with van der Waals surface area (Å²) < 4.78 is 6.78. The van der Waals surface area contributed by atoms with E-state index in [1.54, 1.807) is 18.5 Å². The Morgan fingerprint density at radius 1 is 0.727 bits per heavy atom. The molecule has 0 bridgehead atoms. The van der Waals surface area contributed by atoms with Gasteiger partial charge < -0.3 is 0 Å². The third-order valence-corrected chi connectivity index (χ3v) is 27.9. The van der Waals surface area contributed by atoms with Gasteiger partial charge in [-0.2, -0.15) is 0 Å². The topological polar surface area (TPSA) is 0 Å². The van der Waals surface area contributed by atoms with Gasteiger partial charge in [0.15, 0.2) is 0 Å². The van der Waals surface area contributed by atoms with Crippen molar-refractivity contribution in [3.8, 4) is 0 Å². The van der Waals surface area contributed by atoms with Crippen LogP contribution in [0.5, 0.6) is 0 Å². The average molecular weight is 570 g/mol. The van der Waals surface area contributed by atoms with Gasteiger partial charge in [0.1, 0.15) is 0 Å². The molecule has 0 spiro atoms. The molecule has 0 heterocycles. The van der Waals surface area contributed by atoms with Gasteiger partial charge in [-0.15, -0.1) is 0 Å². The average Bonchev–Trinajstić information content (AvgIpc) is 2.84. The summed E-state index contributed by atoms with van der Waals surface area (Å²) >= 11 is -2.43. The Morgan fingerprint density at radius 3 is 1.70 bits per heavy atom. The molecular weight excluding hydrogens is 519 g/mol. The number of allylic oxidation sites excluding steroid dienone is 2. The van der Waals surface area contributed by atoms with Crippen molar-refractivity contribution in [2.75, 3.05) is 0 Å². The summed E-state index contributed by atoms with van der Waals surface area (Å²) in [4.78, 5) is 0. The molecule has 0 atom stereocenters. The maximum atomic E-state index is 2.81. The van der Waals surface area contributed by atoms with E-state index in [0.29, 0.717) is 0 Å². The molecular formula is C31H50SiSn. The summed E-state index contributed by atoms with van der Waals surface area (Å²) in [5.41, 5.74) is 1.49. The molecule has 0 unspecified atom stereocenters. The fraction of sp³-hybridized carbons (Fsp3) is 0.548. The molecule has 0 N–H and O–H groups in total. The molecule has 2 heteroatoms. The monoisotopic (exact) mass is 570 g/mol. The minimum absolute atomic E-state index is 1.19. The van der Waals surface area contributed by atoms with Crippen molar-refractivity contribution >= 4 is 31.6 Å². The Morgan fingerprint density at radius 2 is 1.21 bits per heavy atom. The number of hydrogen-bond donors (Lipinski definition) is 0. The molecule has 0 aromatic heterocycles. The first-order valence-electron chi connectivity index (χ1n) is 13.8. The van der Waals surface area contributed by atoms with E-state index in [9.17, 15) is 0 Å². The molecule has 182 valence electrons. The van der Waals surface area contributed by atoms with Crippen LogP contribution in [0, 0.1) is 0 Å². The second-order valence-electron chi connectivity index (χ2n) is 10.8. The van der Waals surface area contributed by atoms with Gasteiger partial charge in [-0.1, -0.05) is 0 Å². The Labute approximate surface area is 211 Å². The SMILES string of the molecule is CCC[CH2][Sn]([CH2]CCC)([CH2]CCC)/[C](=C/CCc1ccccc1)C[Si](C)(C)c1ccccc1. The summed E-state index contributed by atoms with van der Waals surface area (Å²) in [6.07, 6.45) is 13.6. The van der Waals surface area contributed by atoms with E-state index in [4.69, 9.17) is 0 Å². The van der Waals surface area contributed by atoms with Gasteiger partial charge in [0, 0.05) is 0 Å². The zero-order valence-electron chi connectivity index (χ0n) is 22.3. The van der Waals surface area contributed by atoms with E-state index >= 15 is 0 Å². The second kappa shape index (κ2) is 15.2. The first-order valence-corrected chi connectivity index (χ1v) is 24.4. The van der Waals surface area contributed by atoms with Crippen LogP contribution in [0.3, 0.4) is 0 Å². The summed E-state index contributed by atoms with van der Waals surface area (Å²) in [6.45, 7) is 12.5. The van der Waals surface area contributed by atoms with E-state index in [2.05, 4.69) is 101 Å². The first-order chi connectivity index (χ1) is 16.0. The van der Waals surface area contributed by atoms with Crippen molar-refractivity contribution in [1.29, 1.82) is 0 Å². The number of rotatable bonds is 16. The van der Waals surface area contributed by atoms with Gasteiger partial charge in [-0.25, -0.2) is 0 Å². The Bertz CT molecular complexity index is 772. The summed E-state index contributed by atoms with van der Waals surface area (Å²) in [5, 5.41) is 1.64. The van der Waals surface area contributed by atoms with E-state index in [-0.39, 0.29) is 0 Å². The van der Waals surface area contributed by atoms with Crippen molar-refractivity contribution in [1.82, 2.24) is 0 Å². The molecule has 2 rings (SSSR count). The van der Waals surface area contributed by atoms with Crippen LogP contribution in [0.25, 0.3) is 0 Å². The van der Waals surface area contributed by atoms with Gasteiger partial charge in [0.05, 0.1) is 0 Å². The minimum atomic E-state index is -2.43. The van der Waals surface area contributed by atoms with Crippen molar-refractivity contribution in [3.63, 3.8) is 0 Å². The molecule has 0 fully saturated rings. The van der Waals surface area contributed by atoms with Crippen molar-refractivity contribution in [2.45, 2.75) is 105 Å². The second-order valence-corrected chi connectivity index (χ2v) is 28.9. The third kappa shape index (κ3) is 9.40. The quantitative estimate of drug-likeness (QED) is 0.177.